The maximum absolute atomic E-state index is 4.57. The second-order valence-electron chi connectivity index (χ2n) is 7.00. The third-order valence-corrected chi connectivity index (χ3v) is 5.03. The Bertz CT molecular complexity index is 704. The van der Waals surface area contributed by atoms with Crippen molar-refractivity contribution in [2.24, 2.45) is 7.05 Å². The summed E-state index contributed by atoms with van der Waals surface area (Å²) in [6, 6.07) is 8.79. The minimum absolute atomic E-state index is 0.581. The van der Waals surface area contributed by atoms with Crippen molar-refractivity contribution in [2.45, 2.75) is 25.8 Å². The highest BCUT2D eigenvalue weighted by atomic mass is 15.4. The van der Waals surface area contributed by atoms with Gasteiger partial charge in [-0.3, -0.25) is 4.68 Å². The van der Waals surface area contributed by atoms with E-state index in [0.29, 0.717) is 5.92 Å². The van der Waals surface area contributed by atoms with Crippen molar-refractivity contribution >= 4 is 11.5 Å². The van der Waals surface area contributed by atoms with Crippen LogP contribution in [0.1, 0.15) is 29.2 Å². The van der Waals surface area contributed by atoms with Crippen molar-refractivity contribution in [3.63, 3.8) is 0 Å². The van der Waals surface area contributed by atoms with Crippen LogP contribution in [-0.4, -0.2) is 44.0 Å². The van der Waals surface area contributed by atoms with Crippen LogP contribution in [0.3, 0.4) is 0 Å². The predicted octanol–water partition coefficient (Wildman–Crippen LogP) is 2.51. The Labute approximate surface area is 145 Å². The summed E-state index contributed by atoms with van der Waals surface area (Å²) < 4.78 is 1.97. The van der Waals surface area contributed by atoms with Crippen LogP contribution in [0.4, 0.5) is 11.5 Å². The highest BCUT2D eigenvalue weighted by Gasteiger charge is 2.23. The van der Waals surface area contributed by atoms with Gasteiger partial charge < -0.3 is 15.1 Å². The Balaban J connectivity index is 1.69. The molecule has 2 aromatic rings. The topological polar surface area (TPSA) is 36.3 Å². The average Bonchev–Trinajstić information content (AvgIpc) is 2.84. The summed E-state index contributed by atoms with van der Waals surface area (Å²) in [5, 5.41) is 8.25. The Hall–Kier alpha value is -2.01. The van der Waals surface area contributed by atoms with Gasteiger partial charge in [0.25, 0.3) is 0 Å². The normalized spacial score (nSPS) is 17.0. The smallest absolute Gasteiger partial charge is 0.130 e. The third-order valence-electron chi connectivity index (χ3n) is 5.03. The van der Waals surface area contributed by atoms with Gasteiger partial charge in [0.15, 0.2) is 0 Å². The van der Waals surface area contributed by atoms with Crippen molar-refractivity contribution in [3.05, 3.63) is 41.1 Å². The number of hydrogen-bond donors (Lipinski definition) is 1. The minimum Gasteiger partial charge on any atom is -0.374 e. The number of para-hydroxylation sites is 1. The molecule has 0 unspecified atom stereocenters. The Morgan fingerprint density at radius 2 is 2.00 bits per heavy atom. The molecule has 3 rings (SSSR count). The van der Waals surface area contributed by atoms with Crippen LogP contribution in [0.5, 0.6) is 0 Å². The molecule has 1 aromatic heterocycles. The quantitative estimate of drug-likeness (QED) is 0.915. The average molecular weight is 327 g/mol. The first-order chi connectivity index (χ1) is 11.5. The molecule has 0 amide bonds. The number of anilines is 2. The molecular formula is C19H29N5. The number of rotatable bonds is 5. The van der Waals surface area contributed by atoms with Crippen LogP contribution in [0.2, 0.25) is 0 Å². The molecule has 1 aliphatic heterocycles. The van der Waals surface area contributed by atoms with E-state index in [2.05, 4.69) is 72.5 Å². The van der Waals surface area contributed by atoms with E-state index in [1.807, 2.05) is 11.7 Å². The van der Waals surface area contributed by atoms with E-state index in [9.17, 15) is 0 Å². The van der Waals surface area contributed by atoms with Gasteiger partial charge in [0.05, 0.1) is 5.69 Å². The molecule has 0 saturated carbocycles. The van der Waals surface area contributed by atoms with E-state index < -0.39 is 0 Å². The summed E-state index contributed by atoms with van der Waals surface area (Å²) in [5.74, 6) is 1.76. The van der Waals surface area contributed by atoms with Gasteiger partial charge in [-0.15, -0.1) is 0 Å². The van der Waals surface area contributed by atoms with E-state index in [0.717, 1.165) is 25.3 Å². The lowest BCUT2D eigenvalue weighted by atomic mass is 9.90. The van der Waals surface area contributed by atoms with Crippen molar-refractivity contribution in [3.8, 4) is 0 Å². The predicted molar refractivity (Wildman–Crippen MR) is 101 cm³/mol. The highest BCUT2D eigenvalue weighted by Crippen LogP contribution is 2.33. The first-order valence-electron chi connectivity index (χ1n) is 8.69. The molecule has 1 aliphatic rings. The first kappa shape index (κ1) is 16.8. The molecule has 5 nitrogen and oxygen atoms in total. The van der Waals surface area contributed by atoms with Crippen LogP contribution < -0.4 is 15.1 Å². The molecule has 0 bridgehead atoms. The van der Waals surface area contributed by atoms with Crippen molar-refractivity contribution in [2.75, 3.05) is 44.0 Å². The fourth-order valence-electron chi connectivity index (χ4n) is 3.85. The van der Waals surface area contributed by atoms with Gasteiger partial charge in [-0.25, -0.2) is 0 Å². The van der Waals surface area contributed by atoms with Crippen LogP contribution in [0.25, 0.3) is 0 Å². The van der Waals surface area contributed by atoms with Gasteiger partial charge in [0.1, 0.15) is 5.82 Å². The Morgan fingerprint density at radius 3 is 2.75 bits per heavy atom. The van der Waals surface area contributed by atoms with E-state index in [4.69, 9.17) is 0 Å². The van der Waals surface area contributed by atoms with Crippen LogP contribution >= 0.6 is 0 Å². The Kier molecular flexibility index (Phi) is 4.81. The van der Waals surface area contributed by atoms with Gasteiger partial charge in [-0.1, -0.05) is 18.2 Å². The number of fused-ring (bicyclic) bond motifs is 1. The molecule has 0 radical (unpaired) electrons. The standard InChI is InChI=1S/C19H29N5/c1-14-17(19(22(2)3)24(5)21-14)13-20-12-15-10-11-23(4)18-9-7-6-8-16(15)18/h6-9,15,20H,10-13H2,1-5H3/t15-/m0/s1. The van der Waals surface area contributed by atoms with E-state index in [1.54, 1.807) is 0 Å². The molecular weight excluding hydrogens is 298 g/mol. The van der Waals surface area contributed by atoms with Gasteiger partial charge in [-0.05, 0) is 25.0 Å². The lowest BCUT2D eigenvalue weighted by Crippen LogP contribution is -2.32. The van der Waals surface area contributed by atoms with Crippen LogP contribution in [0, 0.1) is 6.92 Å². The molecule has 24 heavy (non-hydrogen) atoms. The number of benzene rings is 1. The fourth-order valence-corrected chi connectivity index (χ4v) is 3.85. The molecule has 0 aliphatic carbocycles. The number of nitrogens with one attached hydrogen (secondary N) is 1. The zero-order chi connectivity index (χ0) is 17.3. The number of aryl methyl sites for hydroxylation is 2. The molecule has 0 spiro atoms. The first-order valence-corrected chi connectivity index (χ1v) is 8.69. The molecule has 130 valence electrons. The summed E-state index contributed by atoms with van der Waals surface area (Å²) in [6.07, 6.45) is 1.20. The van der Waals surface area contributed by atoms with Gasteiger partial charge >= 0.3 is 0 Å². The van der Waals surface area contributed by atoms with Crippen molar-refractivity contribution < 1.29 is 0 Å². The monoisotopic (exact) mass is 327 g/mol. The highest BCUT2D eigenvalue weighted by molar-refractivity contribution is 5.56. The zero-order valence-electron chi connectivity index (χ0n) is 15.5. The molecule has 0 fully saturated rings. The summed E-state index contributed by atoms with van der Waals surface area (Å²) in [6.45, 7) is 5.08. The number of hydrogen-bond acceptors (Lipinski definition) is 4. The van der Waals surface area contributed by atoms with E-state index in [1.165, 1.54) is 29.1 Å². The minimum atomic E-state index is 0.581. The number of aromatic nitrogens is 2. The van der Waals surface area contributed by atoms with E-state index >= 15 is 0 Å². The molecule has 1 N–H and O–H groups in total. The van der Waals surface area contributed by atoms with Crippen LogP contribution in [-0.2, 0) is 13.6 Å². The summed E-state index contributed by atoms with van der Waals surface area (Å²) >= 11 is 0. The largest absolute Gasteiger partial charge is 0.374 e. The van der Waals surface area contributed by atoms with Gasteiger partial charge in [0, 0.05) is 65.0 Å². The second-order valence-corrected chi connectivity index (χ2v) is 7.00. The maximum atomic E-state index is 4.57. The third kappa shape index (κ3) is 3.13. The summed E-state index contributed by atoms with van der Waals surface area (Å²) in [5.41, 5.74) is 5.25. The SMILES string of the molecule is Cc1nn(C)c(N(C)C)c1CNC[C@@H]1CCN(C)c2ccccc21. The van der Waals surface area contributed by atoms with Gasteiger partial charge in [0.2, 0.25) is 0 Å². The van der Waals surface area contributed by atoms with Crippen LogP contribution in [0.15, 0.2) is 24.3 Å². The molecule has 2 heterocycles. The Morgan fingerprint density at radius 1 is 1.25 bits per heavy atom. The maximum Gasteiger partial charge on any atom is 0.130 e. The summed E-state index contributed by atoms with van der Waals surface area (Å²) in [7, 11) is 8.35. The summed E-state index contributed by atoms with van der Waals surface area (Å²) in [4.78, 5) is 4.50. The van der Waals surface area contributed by atoms with E-state index in [-0.39, 0.29) is 0 Å². The second kappa shape index (κ2) is 6.85. The van der Waals surface area contributed by atoms with Crippen molar-refractivity contribution in [1.29, 1.82) is 0 Å². The molecule has 1 atom stereocenters. The number of nitrogens with zero attached hydrogens (tertiary/aromatic N) is 4. The lowest BCUT2D eigenvalue weighted by molar-refractivity contribution is 0.533. The zero-order valence-corrected chi connectivity index (χ0v) is 15.5. The fraction of sp³-hybridized carbons (Fsp3) is 0.526. The van der Waals surface area contributed by atoms with Crippen molar-refractivity contribution in [1.82, 2.24) is 15.1 Å². The lowest BCUT2D eigenvalue weighted by Gasteiger charge is -2.33. The molecule has 0 saturated heterocycles. The molecule has 5 heteroatoms. The van der Waals surface area contributed by atoms with Gasteiger partial charge in [-0.2, -0.15) is 5.10 Å². The molecule has 1 aromatic carbocycles.